The number of ether oxygens (including phenoxy) is 1. The topological polar surface area (TPSA) is 84.0 Å². The fourth-order valence-corrected chi connectivity index (χ4v) is 5.45. The van der Waals surface area contributed by atoms with E-state index >= 15 is 0 Å². The van der Waals surface area contributed by atoms with Crippen molar-refractivity contribution in [2.75, 3.05) is 16.3 Å². The van der Waals surface area contributed by atoms with Crippen LogP contribution in [-0.2, 0) is 19.2 Å². The van der Waals surface area contributed by atoms with E-state index < -0.39 is 11.9 Å². The maximum absolute atomic E-state index is 12.9. The van der Waals surface area contributed by atoms with E-state index in [4.69, 9.17) is 4.74 Å². The molecule has 0 aromatic heterocycles. The molecule has 2 aromatic rings. The fraction of sp³-hybridized carbons (Fsp3) is 0.407. The van der Waals surface area contributed by atoms with Gasteiger partial charge >= 0.3 is 5.97 Å². The van der Waals surface area contributed by atoms with Crippen LogP contribution in [-0.4, -0.2) is 30.2 Å². The quantitative estimate of drug-likeness (QED) is 0.392. The van der Waals surface area contributed by atoms with Gasteiger partial charge in [-0.05, 0) is 68.1 Å². The average Bonchev–Trinajstić information content (AvgIpc) is 3.32. The number of anilines is 2. The zero-order valence-corrected chi connectivity index (χ0v) is 19.5. The van der Waals surface area contributed by atoms with Crippen molar-refractivity contribution in [3.8, 4) is 5.75 Å². The van der Waals surface area contributed by atoms with Crippen LogP contribution in [0.3, 0.4) is 0 Å². The van der Waals surface area contributed by atoms with Crippen LogP contribution >= 0.6 is 0 Å². The van der Waals surface area contributed by atoms with Gasteiger partial charge in [-0.3, -0.25) is 19.2 Å². The van der Waals surface area contributed by atoms with Gasteiger partial charge in [0.05, 0.1) is 23.4 Å². The lowest BCUT2D eigenvalue weighted by Crippen LogP contribution is -2.31. The third kappa shape index (κ3) is 3.89. The normalized spacial score (nSPS) is 24.5. The average molecular weight is 461 g/mol. The van der Waals surface area contributed by atoms with Crippen LogP contribution in [0.25, 0.3) is 0 Å². The molecule has 1 aliphatic carbocycles. The summed E-state index contributed by atoms with van der Waals surface area (Å²) in [6, 6.07) is 12.6. The van der Waals surface area contributed by atoms with Gasteiger partial charge in [0.1, 0.15) is 5.75 Å². The van der Waals surface area contributed by atoms with E-state index in [-0.39, 0.29) is 42.5 Å². The zero-order chi connectivity index (χ0) is 24.0. The predicted octanol–water partition coefficient (Wildman–Crippen LogP) is 3.94. The molecular formula is C27H28N2O5. The molecule has 3 fully saturated rings. The highest BCUT2D eigenvalue weighted by Gasteiger charge is 2.49. The monoisotopic (exact) mass is 460 g/mol. The molecule has 2 aliphatic heterocycles. The lowest BCUT2D eigenvalue weighted by atomic mass is 9.81. The molecule has 2 heterocycles. The molecule has 1 saturated carbocycles. The molecule has 2 saturated heterocycles. The number of carbonyl (C=O) groups is 4. The maximum Gasteiger partial charge on any atom is 0.316 e. The second-order valence-electron chi connectivity index (χ2n) is 9.62. The molecule has 2 aromatic carbocycles. The number of fused-ring (bicyclic) bond motifs is 1. The number of carbonyl (C=O) groups excluding carboxylic acids is 4. The van der Waals surface area contributed by atoms with Gasteiger partial charge in [-0.1, -0.05) is 25.0 Å². The summed E-state index contributed by atoms with van der Waals surface area (Å²) in [4.78, 5) is 54.1. The van der Waals surface area contributed by atoms with E-state index in [0.29, 0.717) is 17.0 Å². The molecule has 0 radical (unpaired) electrons. The molecule has 0 spiro atoms. The Kier molecular flexibility index (Phi) is 5.71. The highest BCUT2D eigenvalue weighted by atomic mass is 16.5. The van der Waals surface area contributed by atoms with Crippen LogP contribution in [0.2, 0.25) is 0 Å². The molecule has 0 bridgehead atoms. The third-order valence-electron chi connectivity index (χ3n) is 7.24. The molecule has 7 nitrogen and oxygen atoms in total. The zero-order valence-electron chi connectivity index (χ0n) is 19.5. The van der Waals surface area contributed by atoms with Crippen LogP contribution in [0.15, 0.2) is 42.5 Å². The Hall–Kier alpha value is -3.48. The van der Waals surface area contributed by atoms with Gasteiger partial charge in [-0.25, -0.2) is 4.90 Å². The van der Waals surface area contributed by atoms with Gasteiger partial charge in [0.2, 0.25) is 17.7 Å². The largest absolute Gasteiger partial charge is 0.426 e. The summed E-state index contributed by atoms with van der Waals surface area (Å²) in [6.45, 7) is 4.03. The van der Waals surface area contributed by atoms with Crippen molar-refractivity contribution in [1.82, 2.24) is 0 Å². The Morgan fingerprint density at radius 1 is 0.941 bits per heavy atom. The van der Waals surface area contributed by atoms with Gasteiger partial charge in [0.15, 0.2) is 0 Å². The molecule has 0 unspecified atom stereocenters. The van der Waals surface area contributed by atoms with Gasteiger partial charge in [-0.15, -0.1) is 0 Å². The molecule has 34 heavy (non-hydrogen) atoms. The number of rotatable bonds is 4. The number of esters is 1. The van der Waals surface area contributed by atoms with Crippen molar-refractivity contribution in [2.45, 2.75) is 46.0 Å². The van der Waals surface area contributed by atoms with Gasteiger partial charge in [0, 0.05) is 18.7 Å². The van der Waals surface area contributed by atoms with Gasteiger partial charge in [0.25, 0.3) is 0 Å². The van der Waals surface area contributed by atoms with E-state index in [9.17, 15) is 19.2 Å². The highest BCUT2D eigenvalue weighted by Crippen LogP contribution is 2.41. The standard InChI is InChI=1S/C27H28N2O5/c1-16-6-5-7-19(12-16)28-15-18(14-24(28)30)27(33)34-20-10-11-23(17(2)13-20)29-25(31)21-8-3-4-9-22(21)26(29)32/h5-7,10-13,18,21-22H,3-4,8-9,14-15H2,1-2H3/t18-,21-,22+/m1/s1. The number of imide groups is 1. The van der Waals surface area contributed by atoms with Crippen molar-refractivity contribution in [3.63, 3.8) is 0 Å². The first-order valence-corrected chi connectivity index (χ1v) is 11.9. The van der Waals surface area contributed by atoms with Crippen LogP contribution in [0.1, 0.15) is 43.2 Å². The molecule has 176 valence electrons. The number of aryl methyl sites for hydroxylation is 2. The summed E-state index contributed by atoms with van der Waals surface area (Å²) in [5, 5.41) is 0. The minimum absolute atomic E-state index is 0.101. The van der Waals surface area contributed by atoms with E-state index in [0.717, 1.165) is 36.9 Å². The van der Waals surface area contributed by atoms with Crippen LogP contribution < -0.4 is 14.5 Å². The van der Waals surface area contributed by atoms with E-state index in [1.54, 1.807) is 30.0 Å². The van der Waals surface area contributed by atoms with Crippen molar-refractivity contribution in [1.29, 1.82) is 0 Å². The van der Waals surface area contributed by atoms with Crippen molar-refractivity contribution >= 4 is 35.1 Å². The first-order valence-electron chi connectivity index (χ1n) is 11.9. The molecule has 3 atom stereocenters. The van der Waals surface area contributed by atoms with Crippen molar-refractivity contribution < 1.29 is 23.9 Å². The second-order valence-corrected chi connectivity index (χ2v) is 9.62. The Balaban J connectivity index is 1.28. The number of benzene rings is 2. The summed E-state index contributed by atoms with van der Waals surface area (Å²) in [7, 11) is 0. The Labute approximate surface area is 198 Å². The molecule has 0 N–H and O–H groups in total. The lowest BCUT2D eigenvalue weighted by Gasteiger charge is -2.19. The Morgan fingerprint density at radius 2 is 1.65 bits per heavy atom. The summed E-state index contributed by atoms with van der Waals surface area (Å²) >= 11 is 0. The number of hydrogen-bond donors (Lipinski definition) is 0. The predicted molar refractivity (Wildman–Crippen MR) is 126 cm³/mol. The van der Waals surface area contributed by atoms with E-state index in [1.165, 1.54) is 4.90 Å². The summed E-state index contributed by atoms with van der Waals surface area (Å²) in [5.41, 5.74) is 3.06. The maximum atomic E-state index is 12.9. The van der Waals surface area contributed by atoms with Gasteiger partial charge in [-0.2, -0.15) is 0 Å². The smallest absolute Gasteiger partial charge is 0.316 e. The number of hydrogen-bond acceptors (Lipinski definition) is 5. The molecule has 3 amide bonds. The first-order chi connectivity index (χ1) is 16.3. The molecular weight excluding hydrogens is 432 g/mol. The molecule has 7 heteroatoms. The minimum atomic E-state index is -0.558. The van der Waals surface area contributed by atoms with Crippen molar-refractivity contribution in [3.05, 3.63) is 53.6 Å². The van der Waals surface area contributed by atoms with Crippen LogP contribution in [0.5, 0.6) is 5.75 Å². The molecule has 3 aliphatic rings. The lowest BCUT2D eigenvalue weighted by molar-refractivity contribution is -0.139. The van der Waals surface area contributed by atoms with Crippen molar-refractivity contribution in [2.24, 2.45) is 17.8 Å². The third-order valence-corrected chi connectivity index (χ3v) is 7.24. The second kappa shape index (κ2) is 8.70. The Bertz CT molecular complexity index is 1170. The van der Waals surface area contributed by atoms with E-state index in [2.05, 4.69) is 0 Å². The first kappa shape index (κ1) is 22.3. The van der Waals surface area contributed by atoms with Gasteiger partial charge < -0.3 is 9.64 Å². The minimum Gasteiger partial charge on any atom is -0.426 e. The number of amides is 3. The SMILES string of the molecule is Cc1cccc(N2C[C@H](C(=O)Oc3ccc(N4C(=O)[C@H]5CCCC[C@H]5C4=O)c(C)c3)CC2=O)c1. The molecule has 5 rings (SSSR count). The Morgan fingerprint density at radius 3 is 2.29 bits per heavy atom. The van der Waals surface area contributed by atoms with Crippen LogP contribution in [0.4, 0.5) is 11.4 Å². The summed E-state index contributed by atoms with van der Waals surface area (Å²) < 4.78 is 5.60. The number of nitrogens with zero attached hydrogens (tertiary/aromatic N) is 2. The summed E-state index contributed by atoms with van der Waals surface area (Å²) in [5.74, 6) is -1.46. The fourth-order valence-electron chi connectivity index (χ4n) is 5.45. The van der Waals surface area contributed by atoms with E-state index in [1.807, 2.05) is 31.2 Å². The summed E-state index contributed by atoms with van der Waals surface area (Å²) in [6.07, 6.45) is 3.59. The van der Waals surface area contributed by atoms with Crippen LogP contribution in [0, 0.1) is 31.6 Å². The highest BCUT2D eigenvalue weighted by molar-refractivity contribution is 6.22.